The Morgan fingerprint density at radius 1 is 0.395 bits per heavy atom. The molecule has 0 unspecified atom stereocenters. The summed E-state index contributed by atoms with van der Waals surface area (Å²) in [5.74, 6) is 0. The van der Waals surface area contributed by atoms with Gasteiger partial charge in [-0.15, -0.1) is 0 Å². The van der Waals surface area contributed by atoms with Gasteiger partial charge in [-0.1, -0.05) is 0 Å². The monoisotopic (exact) mass is 596 g/mol. The van der Waals surface area contributed by atoms with E-state index in [9.17, 15) is 0 Å². The van der Waals surface area contributed by atoms with E-state index in [4.69, 9.17) is 19.2 Å². The molecule has 0 heterocycles. The van der Waals surface area contributed by atoms with Gasteiger partial charge < -0.3 is 19.2 Å². The van der Waals surface area contributed by atoms with Crippen LogP contribution in [0.4, 0.5) is 0 Å². The van der Waals surface area contributed by atoms with Crippen LogP contribution in [0.3, 0.4) is 0 Å². The summed E-state index contributed by atoms with van der Waals surface area (Å²) in [7, 11) is -5.39. The summed E-state index contributed by atoms with van der Waals surface area (Å²) in [5.41, 5.74) is 0. The molecule has 0 bridgehead atoms. The Morgan fingerprint density at radius 3 is 0.842 bits per heavy atom. The molecular weight excluding hydrogens is 576 g/mol. The summed E-state index contributed by atoms with van der Waals surface area (Å²) in [4.78, 5) is 25.6. The molecule has 4 nitrogen and oxygen atoms in total. The van der Waals surface area contributed by atoms with Gasteiger partial charge in [0.2, 0.25) is 0 Å². The Hall–Kier alpha value is -0.0108. The van der Waals surface area contributed by atoms with Gasteiger partial charge in [0.1, 0.15) is 0 Å². The van der Waals surface area contributed by atoms with E-state index < -0.39 is 7.82 Å². The molecule has 0 aromatic heterocycles. The van der Waals surface area contributed by atoms with E-state index in [1.54, 1.807) is 0 Å². The van der Waals surface area contributed by atoms with Crippen molar-refractivity contribution in [3.05, 3.63) is 127 Å². The van der Waals surface area contributed by atoms with Crippen molar-refractivity contribution in [2.75, 3.05) is 0 Å². The standard InChI is InChI=1S/3C10H7.3Ca.H3O4P/c3*1-2-6-10-8-4-3-7-9(10)5-1;;;;1-5(2,3)4/h3*1-7H;;;;(H3,1,2,3,4)/q;;;3*+1;/p-3. The van der Waals surface area contributed by atoms with Crippen LogP contribution in [0.25, 0.3) is 32.3 Å². The summed E-state index contributed by atoms with van der Waals surface area (Å²) in [5, 5.41) is 8.31. The normalized spacial score (nSPS) is 10.6. The molecule has 8 heteroatoms. The first-order valence-corrected chi connectivity index (χ1v) is 16.5. The zero-order chi connectivity index (χ0) is 27.5. The van der Waals surface area contributed by atoms with Crippen LogP contribution >= 0.6 is 7.82 Å². The minimum absolute atomic E-state index is 1.24. The second-order valence-corrected chi connectivity index (χ2v) is 12.8. The third-order valence-corrected chi connectivity index (χ3v) is 8.53. The number of phosphoric acid groups is 1. The van der Waals surface area contributed by atoms with E-state index in [0.717, 1.165) is 0 Å². The first kappa shape index (κ1) is 32.5. The van der Waals surface area contributed by atoms with Gasteiger partial charge in [0.25, 0.3) is 0 Å². The van der Waals surface area contributed by atoms with E-state index in [-0.39, 0.29) is 0 Å². The molecule has 6 aromatic carbocycles. The van der Waals surface area contributed by atoms with Crippen LogP contribution < -0.4 is 19.7 Å². The molecule has 176 valence electrons. The first-order chi connectivity index (χ1) is 18.1. The fourth-order valence-corrected chi connectivity index (χ4v) is 6.02. The molecule has 0 aliphatic rings. The van der Waals surface area contributed by atoms with Gasteiger partial charge in [-0.3, -0.25) is 0 Å². The molecule has 0 saturated carbocycles. The van der Waals surface area contributed by atoms with Gasteiger partial charge in [-0.25, -0.2) is 0 Å². The molecule has 6 rings (SSSR count). The van der Waals surface area contributed by atoms with Gasteiger partial charge in [0.15, 0.2) is 0 Å². The van der Waals surface area contributed by atoms with Gasteiger partial charge >= 0.3 is 272 Å². The molecule has 6 aromatic rings. The maximum atomic E-state index is 8.55. The Bertz CT molecular complexity index is 1480. The van der Waals surface area contributed by atoms with Gasteiger partial charge in [-0.2, -0.15) is 7.82 Å². The summed E-state index contributed by atoms with van der Waals surface area (Å²) in [6.45, 7) is 0. The predicted octanol–water partition coefficient (Wildman–Crippen LogP) is 2.08. The zero-order valence-corrected chi connectivity index (χ0v) is 28.3. The molecule has 0 radical (unpaired) electrons. The summed E-state index contributed by atoms with van der Waals surface area (Å²) in [6, 6.07) is 45.1. The van der Waals surface area contributed by atoms with E-state index in [1.165, 1.54) is 145 Å². The van der Waals surface area contributed by atoms with Crippen molar-refractivity contribution in [3.63, 3.8) is 0 Å². The molecule has 0 spiro atoms. The van der Waals surface area contributed by atoms with Crippen molar-refractivity contribution in [1.82, 2.24) is 0 Å². The van der Waals surface area contributed by atoms with Gasteiger partial charge in [0.05, 0.1) is 0 Å². The molecule has 0 atom stereocenters. The van der Waals surface area contributed by atoms with E-state index in [1.807, 2.05) is 0 Å². The van der Waals surface area contributed by atoms with E-state index >= 15 is 0 Å². The summed E-state index contributed by atoms with van der Waals surface area (Å²) in [6.07, 6.45) is 0. The van der Waals surface area contributed by atoms with Crippen LogP contribution in [0, 0.1) is 0 Å². The molecule has 0 amide bonds. The third-order valence-electron chi connectivity index (χ3n) is 5.64. The molecule has 0 saturated heterocycles. The van der Waals surface area contributed by atoms with Crippen LogP contribution in [0.5, 0.6) is 0 Å². The topological polar surface area (TPSA) is 86.2 Å². The van der Waals surface area contributed by atoms with E-state index in [2.05, 4.69) is 127 Å². The Labute approximate surface area is 294 Å². The molecule has 0 N–H and O–H groups in total. The van der Waals surface area contributed by atoms with Crippen molar-refractivity contribution in [2.24, 2.45) is 0 Å². The summed E-state index contributed by atoms with van der Waals surface area (Å²) < 4.78 is 13.0. The molecule has 0 aliphatic heterocycles. The van der Waals surface area contributed by atoms with E-state index in [0.29, 0.717) is 0 Å². The average molecular weight is 597 g/mol. The first-order valence-electron chi connectivity index (χ1n) is 11.8. The van der Waals surface area contributed by atoms with Crippen LogP contribution in [0.15, 0.2) is 127 Å². The van der Waals surface area contributed by atoms with Crippen LogP contribution in [-0.4, -0.2) is 107 Å². The van der Waals surface area contributed by atoms with Crippen LogP contribution in [0.1, 0.15) is 0 Å². The Morgan fingerprint density at radius 2 is 0.605 bits per heavy atom. The van der Waals surface area contributed by atoms with Gasteiger partial charge in [-0.05, 0) is 0 Å². The molecular formula is C30H21Ca3O4P. The maximum absolute atomic E-state index is 8.55. The number of fused-ring (bicyclic) bond motifs is 3. The molecule has 0 aliphatic carbocycles. The second-order valence-electron chi connectivity index (χ2n) is 8.36. The Kier molecular flexibility index (Phi) is 14.1. The van der Waals surface area contributed by atoms with Crippen LogP contribution in [-0.2, 0) is 4.57 Å². The fourth-order valence-electron chi connectivity index (χ4n) is 3.88. The van der Waals surface area contributed by atoms with Crippen molar-refractivity contribution < 1.29 is 19.2 Å². The Balaban J connectivity index is 0.000000145. The minimum atomic E-state index is -5.39. The number of hydrogen-bond donors (Lipinski definition) is 0. The van der Waals surface area contributed by atoms with Crippen molar-refractivity contribution in [3.8, 4) is 0 Å². The van der Waals surface area contributed by atoms with Crippen molar-refractivity contribution >= 4 is 152 Å². The van der Waals surface area contributed by atoms with Crippen molar-refractivity contribution in [1.29, 1.82) is 0 Å². The summed E-state index contributed by atoms with van der Waals surface area (Å²) >= 11 is 3.71. The number of rotatable bonds is 0. The third kappa shape index (κ3) is 11.1. The zero-order valence-electron chi connectivity index (χ0n) is 20.8. The number of benzene rings is 6. The second kappa shape index (κ2) is 16.4. The molecule has 0 fully saturated rings. The van der Waals surface area contributed by atoms with Gasteiger partial charge in [0, 0.05) is 0 Å². The quantitative estimate of drug-likeness (QED) is 0.199. The average Bonchev–Trinajstić information content (AvgIpc) is 2.90. The predicted molar refractivity (Wildman–Crippen MR) is 156 cm³/mol. The fraction of sp³-hybridized carbons (Fsp3) is 0. The SMILES string of the molecule is O=P([O-])([O-])[O-].[Ca+][c]1cccc2ccccc12.[Ca+][c]1cccc2ccccc12.[Ca+][c]1cccc2ccccc12. The van der Waals surface area contributed by atoms with Crippen LogP contribution in [0.2, 0.25) is 0 Å². The molecule has 38 heavy (non-hydrogen) atoms. The van der Waals surface area contributed by atoms with Crippen molar-refractivity contribution in [2.45, 2.75) is 0 Å². The number of hydrogen-bond acceptors (Lipinski definition) is 4.